The zero-order chi connectivity index (χ0) is 20.8. The van der Waals surface area contributed by atoms with Gasteiger partial charge in [-0.1, -0.05) is 20.3 Å². The summed E-state index contributed by atoms with van der Waals surface area (Å²) in [5.41, 5.74) is 8.03. The van der Waals surface area contributed by atoms with Crippen molar-refractivity contribution < 1.29 is 9.18 Å². The molecule has 8 heteroatoms. The maximum atomic E-state index is 13.1. The molecule has 2 atom stereocenters. The van der Waals surface area contributed by atoms with Crippen LogP contribution in [-0.4, -0.2) is 43.1 Å². The van der Waals surface area contributed by atoms with Crippen molar-refractivity contribution in [3.63, 3.8) is 0 Å². The van der Waals surface area contributed by atoms with E-state index in [0.717, 1.165) is 49.7 Å². The molecule has 0 bridgehead atoms. The van der Waals surface area contributed by atoms with E-state index in [1.165, 1.54) is 12.1 Å². The number of nitrogens with one attached hydrogen (secondary N) is 1. The summed E-state index contributed by atoms with van der Waals surface area (Å²) in [6.45, 7) is 7.81. The first-order valence-corrected chi connectivity index (χ1v) is 10.2. The van der Waals surface area contributed by atoms with Gasteiger partial charge in [-0.3, -0.25) is 4.79 Å². The van der Waals surface area contributed by atoms with Crippen molar-refractivity contribution in [3.05, 3.63) is 54.0 Å². The van der Waals surface area contributed by atoms with Crippen LogP contribution in [0.4, 0.5) is 15.9 Å². The first kappa shape index (κ1) is 23.9. The fraction of sp³-hybridized carbons (Fsp3) is 0.455. The van der Waals surface area contributed by atoms with Crippen LogP contribution in [0.5, 0.6) is 0 Å². The lowest BCUT2D eigenvalue weighted by Crippen LogP contribution is -2.47. The highest BCUT2D eigenvalue weighted by Crippen LogP contribution is 2.20. The molecule has 1 aliphatic rings. The number of nitrogens with zero attached hydrogens (tertiary/aromatic N) is 3. The lowest BCUT2D eigenvalue weighted by atomic mass is 9.99. The first-order chi connectivity index (χ1) is 14.0. The number of benzene rings is 1. The van der Waals surface area contributed by atoms with Crippen LogP contribution in [0.3, 0.4) is 0 Å². The third kappa shape index (κ3) is 6.06. The summed E-state index contributed by atoms with van der Waals surface area (Å²) < 4.78 is 13.1. The molecule has 0 saturated carbocycles. The molecule has 3 rings (SSSR count). The molecule has 30 heavy (non-hydrogen) atoms. The van der Waals surface area contributed by atoms with Gasteiger partial charge in [0, 0.05) is 44.6 Å². The molecule has 1 fully saturated rings. The third-order valence-corrected chi connectivity index (χ3v) is 5.63. The van der Waals surface area contributed by atoms with Crippen LogP contribution < -0.4 is 20.9 Å². The Labute approximate surface area is 184 Å². The molecule has 1 aliphatic heterocycles. The number of pyridine rings is 1. The van der Waals surface area contributed by atoms with Crippen molar-refractivity contribution in [1.82, 2.24) is 10.3 Å². The third-order valence-electron chi connectivity index (χ3n) is 5.63. The van der Waals surface area contributed by atoms with Crippen LogP contribution in [0.25, 0.3) is 0 Å². The molecule has 1 saturated heterocycles. The number of hydrogen-bond donors (Lipinski definition) is 2. The second-order valence-corrected chi connectivity index (χ2v) is 7.60. The second kappa shape index (κ2) is 11.1. The van der Waals surface area contributed by atoms with Gasteiger partial charge in [-0.25, -0.2) is 9.37 Å². The van der Waals surface area contributed by atoms with Crippen molar-refractivity contribution in [1.29, 1.82) is 0 Å². The van der Waals surface area contributed by atoms with Crippen LogP contribution in [0.15, 0.2) is 42.6 Å². The smallest absolute Gasteiger partial charge is 0.237 e. The Morgan fingerprint density at radius 1 is 1.17 bits per heavy atom. The van der Waals surface area contributed by atoms with Crippen LogP contribution in [0, 0.1) is 11.7 Å². The van der Waals surface area contributed by atoms with Crippen molar-refractivity contribution in [3.8, 4) is 0 Å². The minimum absolute atomic E-state index is 0. The van der Waals surface area contributed by atoms with Crippen molar-refractivity contribution in [2.24, 2.45) is 11.7 Å². The summed E-state index contributed by atoms with van der Waals surface area (Å²) in [6, 6.07) is 10.1. The van der Waals surface area contributed by atoms with Gasteiger partial charge in [0.15, 0.2) is 0 Å². The Bertz CT molecular complexity index is 811. The monoisotopic (exact) mass is 435 g/mol. The number of carbonyl (C=O) groups is 1. The van der Waals surface area contributed by atoms with Crippen LogP contribution in [0.2, 0.25) is 0 Å². The second-order valence-electron chi connectivity index (χ2n) is 7.60. The van der Waals surface area contributed by atoms with E-state index < -0.39 is 6.04 Å². The van der Waals surface area contributed by atoms with E-state index >= 15 is 0 Å². The standard InChI is InChI=1S/C22H30FN5O.ClH/c1-3-16(2)21(24)22(29)26-15-17-8-9-25-20(14-17)28-12-10-27(11-13-28)19-6-4-18(23)5-7-19;/h4-9,14,16,21H,3,10-13,15,24H2,1-2H3,(H,26,29);1H. The molecule has 0 radical (unpaired) electrons. The number of piperazine rings is 1. The minimum atomic E-state index is -0.485. The van der Waals surface area contributed by atoms with Gasteiger partial charge < -0.3 is 20.9 Å². The molecular weight excluding hydrogens is 405 g/mol. The highest BCUT2D eigenvalue weighted by Gasteiger charge is 2.20. The summed E-state index contributed by atoms with van der Waals surface area (Å²) in [5, 5.41) is 2.93. The predicted octanol–water partition coefficient (Wildman–Crippen LogP) is 2.96. The molecule has 1 amide bonds. The average molecular weight is 436 g/mol. The van der Waals surface area contributed by atoms with E-state index in [1.54, 1.807) is 6.20 Å². The van der Waals surface area contributed by atoms with E-state index in [0.29, 0.717) is 6.54 Å². The fourth-order valence-corrected chi connectivity index (χ4v) is 3.41. The van der Waals surface area contributed by atoms with Gasteiger partial charge >= 0.3 is 0 Å². The number of rotatable bonds is 7. The van der Waals surface area contributed by atoms with E-state index in [-0.39, 0.29) is 30.0 Å². The summed E-state index contributed by atoms with van der Waals surface area (Å²) in [4.78, 5) is 21.2. The Morgan fingerprint density at radius 3 is 2.43 bits per heavy atom. The summed E-state index contributed by atoms with van der Waals surface area (Å²) in [6.07, 6.45) is 2.65. The van der Waals surface area contributed by atoms with Gasteiger partial charge in [-0.05, 0) is 47.9 Å². The Kier molecular flexibility index (Phi) is 8.87. The van der Waals surface area contributed by atoms with E-state index in [2.05, 4.69) is 20.1 Å². The lowest BCUT2D eigenvalue weighted by molar-refractivity contribution is -0.123. The highest BCUT2D eigenvalue weighted by molar-refractivity contribution is 5.85. The quantitative estimate of drug-likeness (QED) is 0.699. The average Bonchev–Trinajstić information content (AvgIpc) is 2.77. The molecule has 2 aromatic rings. The minimum Gasteiger partial charge on any atom is -0.368 e. The lowest BCUT2D eigenvalue weighted by Gasteiger charge is -2.36. The molecule has 164 valence electrons. The molecule has 1 aromatic carbocycles. The van der Waals surface area contributed by atoms with Gasteiger partial charge in [0.05, 0.1) is 6.04 Å². The van der Waals surface area contributed by atoms with Crippen molar-refractivity contribution in [2.45, 2.75) is 32.9 Å². The molecule has 2 heterocycles. The molecule has 6 nitrogen and oxygen atoms in total. The largest absolute Gasteiger partial charge is 0.368 e. The molecule has 3 N–H and O–H groups in total. The zero-order valence-electron chi connectivity index (χ0n) is 17.6. The Balaban J connectivity index is 0.00000320. The number of carbonyl (C=O) groups excluding carboxylic acids is 1. The number of nitrogens with two attached hydrogens (primary N) is 1. The molecular formula is C22H31ClFN5O. The van der Waals surface area contributed by atoms with Crippen molar-refractivity contribution >= 4 is 29.8 Å². The van der Waals surface area contributed by atoms with Crippen LogP contribution in [-0.2, 0) is 11.3 Å². The van der Waals surface area contributed by atoms with E-state index in [4.69, 9.17) is 5.73 Å². The normalized spacial score (nSPS) is 15.9. The number of amides is 1. The Hall–Kier alpha value is -2.38. The molecule has 1 aromatic heterocycles. The van der Waals surface area contributed by atoms with Gasteiger partial charge in [-0.15, -0.1) is 12.4 Å². The van der Waals surface area contributed by atoms with Gasteiger partial charge in [0.25, 0.3) is 0 Å². The first-order valence-electron chi connectivity index (χ1n) is 10.2. The number of aromatic nitrogens is 1. The van der Waals surface area contributed by atoms with Crippen molar-refractivity contribution in [2.75, 3.05) is 36.0 Å². The van der Waals surface area contributed by atoms with Gasteiger partial charge in [0.2, 0.25) is 5.91 Å². The SMILES string of the molecule is CCC(C)C(N)C(=O)NCc1ccnc(N2CCN(c3ccc(F)cc3)CC2)c1.Cl. The Morgan fingerprint density at radius 2 is 1.80 bits per heavy atom. The van der Waals surface area contributed by atoms with Crippen LogP contribution >= 0.6 is 12.4 Å². The maximum absolute atomic E-state index is 13.1. The van der Waals surface area contributed by atoms with E-state index in [9.17, 15) is 9.18 Å². The number of hydrogen-bond acceptors (Lipinski definition) is 5. The summed E-state index contributed by atoms with van der Waals surface area (Å²) in [7, 11) is 0. The topological polar surface area (TPSA) is 74.5 Å². The molecule has 2 unspecified atom stereocenters. The fourth-order valence-electron chi connectivity index (χ4n) is 3.41. The summed E-state index contributed by atoms with van der Waals surface area (Å²) in [5.74, 6) is 0.721. The van der Waals surface area contributed by atoms with Gasteiger partial charge in [0.1, 0.15) is 11.6 Å². The molecule has 0 spiro atoms. The van der Waals surface area contributed by atoms with E-state index in [1.807, 2.05) is 38.1 Å². The number of halogens is 2. The predicted molar refractivity (Wildman–Crippen MR) is 122 cm³/mol. The summed E-state index contributed by atoms with van der Waals surface area (Å²) >= 11 is 0. The zero-order valence-corrected chi connectivity index (χ0v) is 18.4. The van der Waals surface area contributed by atoms with Gasteiger partial charge in [-0.2, -0.15) is 0 Å². The maximum Gasteiger partial charge on any atom is 0.237 e. The van der Waals surface area contributed by atoms with Crippen LogP contribution in [0.1, 0.15) is 25.8 Å². The number of anilines is 2. The highest BCUT2D eigenvalue weighted by atomic mass is 35.5. The molecule has 0 aliphatic carbocycles.